The lowest BCUT2D eigenvalue weighted by molar-refractivity contribution is -0.384. The van der Waals surface area contributed by atoms with Crippen molar-refractivity contribution in [2.45, 2.75) is 12.8 Å². The van der Waals surface area contributed by atoms with Crippen molar-refractivity contribution in [3.63, 3.8) is 0 Å². The number of carbonyl (C=O) groups excluding carboxylic acids is 1. The standard InChI is InChI=1S/C23H22N4O4/c28-23(16-7-10-31-11-8-16)26-22-14-17(6-9-24-22)18-12-20(15-21(13-18)27(29)30)25-19-4-2-1-3-5-19/h1-6,9,12-16,25H,7-8,10-11H2,(H,24,26,28). The molecule has 2 N–H and O–H groups in total. The molecule has 1 aliphatic heterocycles. The zero-order valence-corrected chi connectivity index (χ0v) is 16.8. The molecule has 0 aliphatic carbocycles. The number of hydrogen-bond acceptors (Lipinski definition) is 6. The summed E-state index contributed by atoms with van der Waals surface area (Å²) in [7, 11) is 0. The Balaban J connectivity index is 1.60. The Kier molecular flexibility index (Phi) is 6.18. The van der Waals surface area contributed by atoms with Crippen molar-refractivity contribution in [1.82, 2.24) is 4.98 Å². The van der Waals surface area contributed by atoms with Gasteiger partial charge in [0, 0.05) is 48.8 Å². The highest BCUT2D eigenvalue weighted by molar-refractivity contribution is 5.92. The van der Waals surface area contributed by atoms with Crippen molar-refractivity contribution in [1.29, 1.82) is 0 Å². The lowest BCUT2D eigenvalue weighted by Gasteiger charge is -2.21. The van der Waals surface area contributed by atoms with Crippen LogP contribution < -0.4 is 10.6 Å². The third-order valence-corrected chi connectivity index (χ3v) is 5.13. The number of anilines is 3. The van der Waals surface area contributed by atoms with Crippen LogP contribution in [0.1, 0.15) is 12.8 Å². The molecule has 0 spiro atoms. The molecule has 0 radical (unpaired) electrons. The summed E-state index contributed by atoms with van der Waals surface area (Å²) in [4.78, 5) is 27.8. The summed E-state index contributed by atoms with van der Waals surface area (Å²) in [5, 5.41) is 17.5. The number of rotatable bonds is 6. The van der Waals surface area contributed by atoms with Crippen LogP contribution in [0.2, 0.25) is 0 Å². The quantitative estimate of drug-likeness (QED) is 0.441. The number of pyridine rings is 1. The minimum absolute atomic E-state index is 0.0273. The average molecular weight is 418 g/mol. The molecule has 0 unspecified atom stereocenters. The number of nitrogens with zero attached hydrogens (tertiary/aromatic N) is 2. The summed E-state index contributed by atoms with van der Waals surface area (Å²) >= 11 is 0. The highest BCUT2D eigenvalue weighted by Gasteiger charge is 2.22. The summed E-state index contributed by atoms with van der Waals surface area (Å²) < 4.78 is 5.30. The van der Waals surface area contributed by atoms with Crippen LogP contribution in [0.25, 0.3) is 11.1 Å². The van der Waals surface area contributed by atoms with Crippen LogP contribution in [0, 0.1) is 16.0 Å². The van der Waals surface area contributed by atoms with Crippen LogP contribution >= 0.6 is 0 Å². The monoisotopic (exact) mass is 418 g/mol. The van der Waals surface area contributed by atoms with E-state index in [0.29, 0.717) is 43.1 Å². The Morgan fingerprint density at radius 3 is 2.52 bits per heavy atom. The zero-order valence-electron chi connectivity index (χ0n) is 16.8. The Labute approximate surface area is 179 Å². The van der Waals surface area contributed by atoms with Gasteiger partial charge in [0.25, 0.3) is 5.69 Å². The highest BCUT2D eigenvalue weighted by Crippen LogP contribution is 2.31. The second-order valence-electron chi connectivity index (χ2n) is 7.32. The SMILES string of the molecule is O=C(Nc1cc(-c2cc(Nc3ccccc3)cc([N+](=O)[O-])c2)ccn1)C1CCOCC1. The molecule has 0 atom stereocenters. The molecule has 158 valence electrons. The molecule has 1 fully saturated rings. The summed E-state index contributed by atoms with van der Waals surface area (Å²) in [5.41, 5.74) is 2.77. The van der Waals surface area contributed by atoms with Crippen molar-refractivity contribution in [2.24, 2.45) is 5.92 Å². The molecule has 4 rings (SSSR count). The van der Waals surface area contributed by atoms with Gasteiger partial charge in [0.05, 0.1) is 4.92 Å². The van der Waals surface area contributed by atoms with Gasteiger partial charge in [-0.25, -0.2) is 4.98 Å². The number of benzene rings is 2. The number of non-ortho nitro benzene ring substituents is 1. The number of hydrogen-bond donors (Lipinski definition) is 2. The molecule has 1 amide bonds. The number of nitro benzene ring substituents is 1. The van der Waals surface area contributed by atoms with E-state index in [0.717, 1.165) is 11.3 Å². The van der Waals surface area contributed by atoms with E-state index in [2.05, 4.69) is 15.6 Å². The molecule has 2 aromatic carbocycles. The van der Waals surface area contributed by atoms with Gasteiger partial charge >= 0.3 is 0 Å². The maximum Gasteiger partial charge on any atom is 0.272 e. The molecule has 1 aliphatic rings. The predicted molar refractivity (Wildman–Crippen MR) is 118 cm³/mol. The molecule has 3 aromatic rings. The number of nitro groups is 1. The maximum atomic E-state index is 12.5. The average Bonchev–Trinajstić information content (AvgIpc) is 2.80. The summed E-state index contributed by atoms with van der Waals surface area (Å²) in [6.45, 7) is 1.16. The molecule has 31 heavy (non-hydrogen) atoms. The van der Waals surface area contributed by atoms with Gasteiger partial charge in [-0.15, -0.1) is 0 Å². The van der Waals surface area contributed by atoms with Gasteiger partial charge in [0.1, 0.15) is 5.82 Å². The van der Waals surface area contributed by atoms with Gasteiger partial charge in [0.2, 0.25) is 5.91 Å². The molecule has 1 aromatic heterocycles. The van der Waals surface area contributed by atoms with E-state index in [4.69, 9.17) is 4.74 Å². The Morgan fingerprint density at radius 1 is 1.00 bits per heavy atom. The molecule has 8 heteroatoms. The third kappa shape index (κ3) is 5.23. The first-order valence-corrected chi connectivity index (χ1v) is 10.0. The van der Waals surface area contributed by atoms with Gasteiger partial charge in [-0.05, 0) is 54.3 Å². The molecular formula is C23H22N4O4. The number of aromatic nitrogens is 1. The Morgan fingerprint density at radius 2 is 1.77 bits per heavy atom. The number of para-hydroxylation sites is 1. The fourth-order valence-corrected chi connectivity index (χ4v) is 3.51. The first-order valence-electron chi connectivity index (χ1n) is 10.0. The van der Waals surface area contributed by atoms with Gasteiger partial charge in [-0.2, -0.15) is 0 Å². The molecule has 0 bridgehead atoms. The van der Waals surface area contributed by atoms with Crippen LogP contribution in [-0.4, -0.2) is 29.0 Å². The fraction of sp³-hybridized carbons (Fsp3) is 0.217. The summed E-state index contributed by atoms with van der Waals surface area (Å²) in [6, 6.07) is 17.8. The number of nitrogens with one attached hydrogen (secondary N) is 2. The van der Waals surface area contributed by atoms with Gasteiger partial charge in [0.15, 0.2) is 0 Å². The Hall–Kier alpha value is -3.78. The van der Waals surface area contributed by atoms with Crippen molar-refractivity contribution < 1.29 is 14.5 Å². The van der Waals surface area contributed by atoms with E-state index in [1.807, 2.05) is 36.4 Å². The molecule has 8 nitrogen and oxygen atoms in total. The third-order valence-electron chi connectivity index (χ3n) is 5.13. The number of amides is 1. The van der Waals surface area contributed by atoms with Gasteiger partial charge < -0.3 is 15.4 Å². The van der Waals surface area contributed by atoms with E-state index in [9.17, 15) is 14.9 Å². The lowest BCUT2D eigenvalue weighted by atomic mass is 9.99. The number of carbonyl (C=O) groups is 1. The number of ether oxygens (including phenoxy) is 1. The second-order valence-corrected chi connectivity index (χ2v) is 7.32. The van der Waals surface area contributed by atoms with Crippen LogP contribution in [-0.2, 0) is 9.53 Å². The van der Waals surface area contributed by atoms with E-state index in [1.54, 1.807) is 18.3 Å². The molecule has 1 saturated heterocycles. The van der Waals surface area contributed by atoms with Crippen molar-refractivity contribution >= 4 is 28.8 Å². The van der Waals surface area contributed by atoms with Gasteiger partial charge in [-0.3, -0.25) is 14.9 Å². The fourth-order valence-electron chi connectivity index (χ4n) is 3.51. The van der Waals surface area contributed by atoms with Crippen LogP contribution in [0.4, 0.5) is 22.9 Å². The maximum absolute atomic E-state index is 12.5. The van der Waals surface area contributed by atoms with E-state index >= 15 is 0 Å². The van der Waals surface area contributed by atoms with Crippen molar-refractivity contribution in [3.05, 3.63) is 77.0 Å². The van der Waals surface area contributed by atoms with Crippen LogP contribution in [0.3, 0.4) is 0 Å². The normalized spacial score (nSPS) is 14.1. The minimum atomic E-state index is -0.422. The zero-order chi connectivity index (χ0) is 21.6. The largest absolute Gasteiger partial charge is 0.381 e. The van der Waals surface area contributed by atoms with E-state index < -0.39 is 4.92 Å². The molecule has 2 heterocycles. The first-order chi connectivity index (χ1) is 15.1. The first kappa shape index (κ1) is 20.5. The van der Waals surface area contributed by atoms with Crippen molar-refractivity contribution in [3.8, 4) is 11.1 Å². The highest BCUT2D eigenvalue weighted by atomic mass is 16.6. The smallest absolute Gasteiger partial charge is 0.272 e. The predicted octanol–water partition coefficient (Wildman–Crippen LogP) is 4.77. The summed E-state index contributed by atoms with van der Waals surface area (Å²) in [6.07, 6.45) is 2.95. The van der Waals surface area contributed by atoms with Gasteiger partial charge in [-0.1, -0.05) is 18.2 Å². The van der Waals surface area contributed by atoms with Crippen LogP contribution in [0.5, 0.6) is 0 Å². The lowest BCUT2D eigenvalue weighted by Crippen LogP contribution is -2.28. The Bertz CT molecular complexity index is 1080. The van der Waals surface area contributed by atoms with Crippen LogP contribution in [0.15, 0.2) is 66.9 Å². The molecule has 0 saturated carbocycles. The van der Waals surface area contributed by atoms with E-state index in [-0.39, 0.29) is 17.5 Å². The minimum Gasteiger partial charge on any atom is -0.381 e. The van der Waals surface area contributed by atoms with E-state index in [1.165, 1.54) is 12.1 Å². The van der Waals surface area contributed by atoms with Crippen molar-refractivity contribution in [2.75, 3.05) is 23.8 Å². The second kappa shape index (κ2) is 9.36. The molecular weight excluding hydrogens is 396 g/mol. The summed E-state index contributed by atoms with van der Waals surface area (Å²) in [5.74, 6) is 0.232. The topological polar surface area (TPSA) is 106 Å².